The van der Waals surface area contributed by atoms with Gasteiger partial charge in [-0.25, -0.2) is 0 Å². The summed E-state index contributed by atoms with van der Waals surface area (Å²) in [6, 6.07) is 0. The van der Waals surface area contributed by atoms with E-state index in [-0.39, 0.29) is 46.1 Å². The van der Waals surface area contributed by atoms with Crippen LogP contribution in [0, 0.1) is 5.41 Å². The summed E-state index contributed by atoms with van der Waals surface area (Å²) in [5, 5.41) is 51.2. The fourth-order valence-corrected chi connectivity index (χ4v) is 1.38. The summed E-state index contributed by atoms with van der Waals surface area (Å²) in [4.78, 5) is 21.8. The van der Waals surface area contributed by atoms with Crippen molar-refractivity contribution in [2.24, 2.45) is 5.41 Å². The summed E-state index contributed by atoms with van der Waals surface area (Å²) in [5.41, 5.74) is -0.667. The van der Waals surface area contributed by atoms with Gasteiger partial charge in [0.1, 0.15) is 0 Å². The predicted molar refractivity (Wildman–Crippen MR) is 77.4 cm³/mol. The molecule has 0 fully saturated rings. The molecule has 0 aliphatic heterocycles. The molecule has 0 spiro atoms. The zero-order valence-corrected chi connectivity index (χ0v) is 12.8. The van der Waals surface area contributed by atoms with Crippen LogP contribution in [-0.2, 0) is 9.59 Å². The number of hydrogen-bond donors (Lipinski definition) is 6. The van der Waals surface area contributed by atoms with Crippen LogP contribution in [0.5, 0.6) is 0 Å². The molecule has 0 aromatic heterocycles. The number of nitrogens with zero attached hydrogens (tertiary/aromatic N) is 1. The molecular weight excluding hydrogens is 298 g/mol. The quantitative estimate of drug-likeness (QED) is 0.258. The standard InChI is InChI=1S/C7H13NO5.C6H14O3/c9-3-1-2-8(4-6(10)11)5-7(12)13;1-2-6(3-7,4-8)5-9/h9H,1-5H2,(H,10,11)(H,12,13);7-9H,2-5H2,1H3. The van der Waals surface area contributed by atoms with Gasteiger partial charge in [0.05, 0.1) is 32.9 Å². The number of carboxylic acids is 2. The lowest BCUT2D eigenvalue weighted by atomic mass is 9.88. The maximum atomic E-state index is 10.3. The fourth-order valence-electron chi connectivity index (χ4n) is 1.38. The second kappa shape index (κ2) is 13.4. The lowest BCUT2D eigenvalue weighted by Crippen LogP contribution is -2.35. The van der Waals surface area contributed by atoms with E-state index in [0.29, 0.717) is 12.8 Å². The van der Waals surface area contributed by atoms with Gasteiger partial charge in [0.25, 0.3) is 0 Å². The van der Waals surface area contributed by atoms with E-state index >= 15 is 0 Å². The van der Waals surface area contributed by atoms with Crippen molar-refractivity contribution in [1.82, 2.24) is 4.90 Å². The van der Waals surface area contributed by atoms with Gasteiger partial charge in [-0.05, 0) is 12.8 Å². The van der Waals surface area contributed by atoms with Crippen LogP contribution < -0.4 is 0 Å². The van der Waals surface area contributed by atoms with Gasteiger partial charge in [-0.1, -0.05) is 6.92 Å². The monoisotopic (exact) mass is 325 g/mol. The van der Waals surface area contributed by atoms with Gasteiger partial charge in [-0.2, -0.15) is 0 Å². The van der Waals surface area contributed by atoms with Gasteiger partial charge in [-0.15, -0.1) is 0 Å². The van der Waals surface area contributed by atoms with Crippen molar-refractivity contribution in [2.75, 3.05) is 46.1 Å². The highest BCUT2D eigenvalue weighted by Gasteiger charge is 2.24. The molecule has 0 amide bonds. The maximum Gasteiger partial charge on any atom is 0.317 e. The largest absolute Gasteiger partial charge is 0.480 e. The van der Waals surface area contributed by atoms with Gasteiger partial charge in [-0.3, -0.25) is 14.5 Å². The zero-order valence-electron chi connectivity index (χ0n) is 12.8. The summed E-state index contributed by atoms with van der Waals surface area (Å²) in [6.07, 6.45) is 0.969. The Bertz CT molecular complexity index is 273. The Morgan fingerprint density at radius 2 is 1.32 bits per heavy atom. The Kier molecular flexibility index (Phi) is 14.0. The van der Waals surface area contributed by atoms with Crippen molar-refractivity contribution in [3.05, 3.63) is 0 Å². The molecule has 0 heterocycles. The van der Waals surface area contributed by atoms with E-state index in [1.54, 1.807) is 0 Å². The molecule has 6 N–H and O–H groups in total. The van der Waals surface area contributed by atoms with Crippen LogP contribution in [0.1, 0.15) is 19.8 Å². The molecule has 22 heavy (non-hydrogen) atoms. The Hall–Kier alpha value is -1.26. The molecule has 0 aliphatic carbocycles. The number of rotatable bonds is 11. The average molecular weight is 325 g/mol. The number of aliphatic hydroxyl groups excluding tert-OH is 4. The highest BCUT2D eigenvalue weighted by molar-refractivity contribution is 5.72. The molecule has 0 radical (unpaired) electrons. The molecule has 0 rings (SSSR count). The van der Waals surface area contributed by atoms with E-state index in [1.807, 2.05) is 6.92 Å². The maximum absolute atomic E-state index is 10.3. The number of carboxylic acid groups (broad SMARTS) is 2. The highest BCUT2D eigenvalue weighted by Crippen LogP contribution is 2.18. The molecule has 0 aliphatic rings. The van der Waals surface area contributed by atoms with Crippen LogP contribution in [0.3, 0.4) is 0 Å². The van der Waals surface area contributed by atoms with Crippen molar-refractivity contribution in [3.8, 4) is 0 Å². The molecule has 0 bridgehead atoms. The minimum Gasteiger partial charge on any atom is -0.480 e. The van der Waals surface area contributed by atoms with E-state index < -0.39 is 17.4 Å². The van der Waals surface area contributed by atoms with Crippen molar-refractivity contribution >= 4 is 11.9 Å². The molecule has 0 unspecified atom stereocenters. The van der Waals surface area contributed by atoms with Crippen molar-refractivity contribution < 1.29 is 40.2 Å². The van der Waals surface area contributed by atoms with Crippen molar-refractivity contribution in [2.45, 2.75) is 19.8 Å². The molecule has 0 saturated carbocycles. The Balaban J connectivity index is 0. The van der Waals surface area contributed by atoms with E-state index in [2.05, 4.69) is 0 Å². The number of hydrogen-bond acceptors (Lipinski definition) is 7. The lowest BCUT2D eigenvalue weighted by Gasteiger charge is -2.24. The van der Waals surface area contributed by atoms with Gasteiger partial charge in [0.15, 0.2) is 0 Å². The normalized spacial score (nSPS) is 11.0. The molecule has 132 valence electrons. The molecule has 9 heteroatoms. The fraction of sp³-hybridized carbons (Fsp3) is 0.846. The Labute approximate surface area is 129 Å². The number of aliphatic carboxylic acids is 2. The van der Waals surface area contributed by atoms with Crippen LogP contribution in [0.4, 0.5) is 0 Å². The third kappa shape index (κ3) is 11.4. The Morgan fingerprint density at radius 1 is 0.909 bits per heavy atom. The average Bonchev–Trinajstić information content (AvgIpc) is 2.47. The SMILES string of the molecule is CCC(CO)(CO)CO.O=C(O)CN(CCCO)CC(=O)O. The minimum atomic E-state index is -1.07. The first-order chi connectivity index (χ1) is 10.3. The summed E-state index contributed by atoms with van der Waals surface area (Å²) < 4.78 is 0. The van der Waals surface area contributed by atoms with Crippen LogP contribution in [0.15, 0.2) is 0 Å². The molecule has 0 aromatic rings. The molecule has 9 nitrogen and oxygen atoms in total. The Morgan fingerprint density at radius 3 is 1.50 bits per heavy atom. The first-order valence-corrected chi connectivity index (χ1v) is 6.90. The summed E-state index contributed by atoms with van der Waals surface area (Å²) >= 11 is 0. The second-order valence-corrected chi connectivity index (χ2v) is 4.90. The van der Waals surface area contributed by atoms with Gasteiger partial charge in [0.2, 0.25) is 0 Å². The first kappa shape index (κ1) is 23.0. The lowest BCUT2D eigenvalue weighted by molar-refractivity contribution is -0.141. The third-order valence-corrected chi connectivity index (χ3v) is 3.11. The number of aliphatic hydroxyl groups is 4. The number of carbonyl (C=O) groups is 2. The molecule has 0 aromatic carbocycles. The van der Waals surface area contributed by atoms with Crippen LogP contribution >= 0.6 is 0 Å². The van der Waals surface area contributed by atoms with Gasteiger partial charge in [0, 0.05) is 18.6 Å². The molecular formula is C13H27NO8. The third-order valence-electron chi connectivity index (χ3n) is 3.11. The van der Waals surface area contributed by atoms with E-state index in [9.17, 15) is 9.59 Å². The van der Waals surface area contributed by atoms with Crippen LogP contribution in [-0.4, -0.2) is 93.5 Å². The summed E-state index contributed by atoms with van der Waals surface area (Å²) in [5.74, 6) is -2.14. The highest BCUT2D eigenvalue weighted by atomic mass is 16.4. The van der Waals surface area contributed by atoms with Crippen molar-refractivity contribution in [1.29, 1.82) is 0 Å². The van der Waals surface area contributed by atoms with Gasteiger partial charge < -0.3 is 30.6 Å². The first-order valence-electron chi connectivity index (χ1n) is 6.90. The van der Waals surface area contributed by atoms with Crippen molar-refractivity contribution in [3.63, 3.8) is 0 Å². The van der Waals surface area contributed by atoms with E-state index in [1.165, 1.54) is 4.90 Å². The summed E-state index contributed by atoms with van der Waals surface area (Å²) in [7, 11) is 0. The smallest absolute Gasteiger partial charge is 0.317 e. The topological polar surface area (TPSA) is 159 Å². The second-order valence-electron chi connectivity index (χ2n) is 4.90. The van der Waals surface area contributed by atoms with Gasteiger partial charge >= 0.3 is 11.9 Å². The van der Waals surface area contributed by atoms with E-state index in [4.69, 9.17) is 30.6 Å². The predicted octanol–water partition coefficient (Wildman–Crippen LogP) is -1.80. The zero-order chi connectivity index (χ0) is 17.6. The molecule has 0 atom stereocenters. The summed E-state index contributed by atoms with van der Waals surface area (Å²) in [6.45, 7) is 0.926. The molecule has 0 saturated heterocycles. The minimum absolute atomic E-state index is 0.0737. The van der Waals surface area contributed by atoms with E-state index in [0.717, 1.165) is 0 Å². The van der Waals surface area contributed by atoms with Crippen LogP contribution in [0.2, 0.25) is 0 Å². The van der Waals surface area contributed by atoms with Crippen LogP contribution in [0.25, 0.3) is 0 Å².